The molecule has 1 aromatic carbocycles. The number of likely N-dealkylation sites (N-methyl/N-ethyl adjacent to an activating group) is 1. The van der Waals surface area contributed by atoms with Gasteiger partial charge in [-0.05, 0) is 58.3 Å². The zero-order valence-corrected chi connectivity index (χ0v) is 19.2. The molecule has 1 heterocycles. The largest absolute Gasteiger partial charge is 0.425 e. The zero-order chi connectivity index (χ0) is 22.6. The van der Waals surface area contributed by atoms with E-state index in [1.165, 1.54) is 11.8 Å². The molecule has 1 aliphatic carbocycles. The van der Waals surface area contributed by atoms with Gasteiger partial charge in [-0.3, -0.25) is 14.5 Å². The quantitative estimate of drug-likeness (QED) is 0.499. The maximum atomic E-state index is 13.1. The summed E-state index contributed by atoms with van der Waals surface area (Å²) in [6, 6.07) is 7.08. The van der Waals surface area contributed by atoms with Crippen molar-refractivity contribution in [3.63, 3.8) is 0 Å². The lowest BCUT2D eigenvalue weighted by Gasteiger charge is -2.43. The Morgan fingerprint density at radius 1 is 1.19 bits per heavy atom. The number of Topliss-reactive ketones (excluding diaryl/α,β-unsaturated/α-hetero) is 1. The van der Waals surface area contributed by atoms with Crippen LogP contribution < -0.4 is 0 Å². The first kappa shape index (κ1) is 23.5. The summed E-state index contributed by atoms with van der Waals surface area (Å²) in [4.78, 5) is 42.0. The van der Waals surface area contributed by atoms with E-state index >= 15 is 0 Å². The van der Waals surface area contributed by atoms with Crippen LogP contribution in [0.2, 0.25) is 5.02 Å². The van der Waals surface area contributed by atoms with E-state index in [1.54, 1.807) is 31.3 Å². The number of benzene rings is 1. The van der Waals surface area contributed by atoms with Crippen LogP contribution in [0, 0.1) is 5.92 Å². The van der Waals surface area contributed by atoms with E-state index in [4.69, 9.17) is 21.1 Å². The highest BCUT2D eigenvalue weighted by Gasteiger charge is 2.49. The van der Waals surface area contributed by atoms with Crippen LogP contribution in [0.15, 0.2) is 24.3 Å². The van der Waals surface area contributed by atoms with Crippen LogP contribution in [0.3, 0.4) is 0 Å². The van der Waals surface area contributed by atoms with Crippen molar-refractivity contribution in [2.45, 2.75) is 57.3 Å². The smallest absolute Gasteiger partial charge is 0.413 e. The number of esters is 1. The maximum absolute atomic E-state index is 13.1. The van der Waals surface area contributed by atoms with Gasteiger partial charge in [0, 0.05) is 31.0 Å². The molecule has 2 fully saturated rings. The van der Waals surface area contributed by atoms with Crippen molar-refractivity contribution in [3.05, 3.63) is 34.9 Å². The van der Waals surface area contributed by atoms with E-state index in [0.29, 0.717) is 23.4 Å². The normalized spacial score (nSPS) is 23.8. The van der Waals surface area contributed by atoms with E-state index in [0.717, 1.165) is 38.8 Å². The van der Waals surface area contributed by atoms with E-state index in [-0.39, 0.29) is 17.7 Å². The SMILES string of the molecule is CC(OC(=O)C1CCN(C)CC1)OC(=O)N(C)C1(c2ccccc2Cl)CCCCC1=O. The number of hydrogen-bond acceptors (Lipinski definition) is 6. The van der Waals surface area contributed by atoms with Crippen molar-refractivity contribution in [1.29, 1.82) is 0 Å². The van der Waals surface area contributed by atoms with Crippen LogP contribution in [0.5, 0.6) is 0 Å². The van der Waals surface area contributed by atoms with Crippen molar-refractivity contribution in [1.82, 2.24) is 9.80 Å². The Labute approximate surface area is 188 Å². The van der Waals surface area contributed by atoms with Gasteiger partial charge in [0.1, 0.15) is 5.54 Å². The Morgan fingerprint density at radius 3 is 2.52 bits per heavy atom. The Bertz CT molecular complexity index is 824. The van der Waals surface area contributed by atoms with Gasteiger partial charge in [0.05, 0.1) is 5.92 Å². The summed E-state index contributed by atoms with van der Waals surface area (Å²) in [5, 5.41) is 0.430. The lowest BCUT2D eigenvalue weighted by molar-refractivity contribution is -0.173. The molecule has 170 valence electrons. The highest BCUT2D eigenvalue weighted by molar-refractivity contribution is 6.31. The molecule has 1 saturated heterocycles. The molecule has 0 radical (unpaired) electrons. The van der Waals surface area contributed by atoms with E-state index in [1.807, 2.05) is 7.05 Å². The van der Waals surface area contributed by atoms with Crippen LogP contribution in [-0.2, 0) is 24.6 Å². The minimum atomic E-state index is -1.19. The number of ketones is 1. The molecule has 2 unspecified atom stereocenters. The number of ether oxygens (including phenoxy) is 2. The maximum Gasteiger partial charge on any atom is 0.413 e. The highest BCUT2D eigenvalue weighted by atomic mass is 35.5. The lowest BCUT2D eigenvalue weighted by Crippen LogP contribution is -2.55. The first-order chi connectivity index (χ1) is 14.8. The molecule has 8 heteroatoms. The summed E-state index contributed by atoms with van der Waals surface area (Å²) >= 11 is 6.43. The number of hydrogen-bond donors (Lipinski definition) is 0. The summed E-state index contributed by atoms with van der Waals surface area (Å²) in [5.41, 5.74) is -0.595. The van der Waals surface area contributed by atoms with E-state index in [2.05, 4.69) is 4.90 Å². The molecule has 0 bridgehead atoms. The number of amides is 1. The first-order valence-corrected chi connectivity index (χ1v) is 11.3. The zero-order valence-electron chi connectivity index (χ0n) is 18.4. The van der Waals surface area contributed by atoms with E-state index in [9.17, 15) is 14.4 Å². The number of likely N-dealkylation sites (tertiary alicyclic amines) is 1. The second kappa shape index (κ2) is 10.0. The second-order valence-corrected chi connectivity index (χ2v) is 8.90. The minimum absolute atomic E-state index is 0.0673. The number of piperidine rings is 1. The van der Waals surface area contributed by atoms with Crippen molar-refractivity contribution >= 4 is 29.4 Å². The standard InChI is InChI=1S/C23H31ClN2O5/c1-16(30-21(28)17-11-14-25(2)15-12-17)31-22(29)26(3)23(13-7-6-10-20(23)27)18-8-4-5-9-19(18)24/h4-5,8-9,16-17H,6-7,10-15H2,1-3H3. The van der Waals surface area contributed by atoms with Crippen molar-refractivity contribution < 1.29 is 23.9 Å². The fourth-order valence-electron chi connectivity index (χ4n) is 4.53. The topological polar surface area (TPSA) is 76.2 Å². The molecular weight excluding hydrogens is 420 g/mol. The molecule has 31 heavy (non-hydrogen) atoms. The van der Waals surface area contributed by atoms with Gasteiger partial charge in [0.15, 0.2) is 5.78 Å². The van der Waals surface area contributed by atoms with Gasteiger partial charge < -0.3 is 14.4 Å². The van der Waals surface area contributed by atoms with Crippen LogP contribution in [0.1, 0.15) is 51.0 Å². The summed E-state index contributed by atoms with van der Waals surface area (Å²) in [6.07, 6.45) is 2.06. The number of carbonyl (C=O) groups is 3. The number of halogens is 1. The average Bonchev–Trinajstić information content (AvgIpc) is 2.74. The molecule has 0 N–H and O–H groups in total. The second-order valence-electron chi connectivity index (χ2n) is 8.50. The van der Waals surface area contributed by atoms with Crippen LogP contribution in [0.25, 0.3) is 0 Å². The van der Waals surface area contributed by atoms with Crippen molar-refractivity contribution in [3.8, 4) is 0 Å². The average molecular weight is 451 g/mol. The van der Waals surface area contributed by atoms with Gasteiger partial charge >= 0.3 is 12.1 Å². The molecule has 0 spiro atoms. The Hall–Kier alpha value is -2.12. The molecule has 7 nitrogen and oxygen atoms in total. The Kier molecular flexibility index (Phi) is 7.59. The summed E-state index contributed by atoms with van der Waals surface area (Å²) in [5.74, 6) is -0.614. The van der Waals surface area contributed by atoms with Gasteiger partial charge in [-0.25, -0.2) is 4.79 Å². The minimum Gasteiger partial charge on any atom is -0.425 e. The fourth-order valence-corrected chi connectivity index (χ4v) is 4.83. The molecule has 2 aliphatic rings. The number of nitrogens with zero attached hydrogens (tertiary/aromatic N) is 2. The van der Waals surface area contributed by atoms with Crippen molar-refractivity contribution in [2.24, 2.45) is 5.92 Å². The monoisotopic (exact) mass is 450 g/mol. The highest BCUT2D eigenvalue weighted by Crippen LogP contribution is 2.42. The summed E-state index contributed by atoms with van der Waals surface area (Å²) < 4.78 is 10.8. The van der Waals surface area contributed by atoms with Gasteiger partial charge in [-0.2, -0.15) is 0 Å². The molecular formula is C23H31ClN2O5. The molecule has 2 atom stereocenters. The molecule has 1 saturated carbocycles. The third-order valence-corrected chi connectivity index (χ3v) is 6.75. The molecule has 0 aromatic heterocycles. The van der Waals surface area contributed by atoms with Gasteiger partial charge in [0.2, 0.25) is 6.29 Å². The van der Waals surface area contributed by atoms with Gasteiger partial charge in [0.25, 0.3) is 0 Å². The predicted molar refractivity (Wildman–Crippen MR) is 117 cm³/mol. The molecule has 3 rings (SSSR count). The van der Waals surface area contributed by atoms with Crippen molar-refractivity contribution in [2.75, 3.05) is 27.2 Å². The molecule has 1 aliphatic heterocycles. The summed E-state index contributed by atoms with van der Waals surface area (Å²) in [7, 11) is 3.56. The number of rotatable bonds is 5. The number of carbonyl (C=O) groups excluding carboxylic acids is 3. The van der Waals surface area contributed by atoms with Crippen LogP contribution >= 0.6 is 11.6 Å². The lowest BCUT2D eigenvalue weighted by atomic mass is 9.74. The third-order valence-electron chi connectivity index (χ3n) is 6.42. The van der Waals surface area contributed by atoms with Crippen LogP contribution in [0.4, 0.5) is 4.79 Å². The van der Waals surface area contributed by atoms with Gasteiger partial charge in [-0.1, -0.05) is 29.8 Å². The third kappa shape index (κ3) is 5.04. The Morgan fingerprint density at radius 2 is 1.87 bits per heavy atom. The first-order valence-electron chi connectivity index (χ1n) is 10.9. The fraction of sp³-hybridized carbons (Fsp3) is 0.609. The predicted octanol–water partition coefficient (Wildman–Crippen LogP) is 3.98. The van der Waals surface area contributed by atoms with E-state index < -0.39 is 17.9 Å². The molecule has 1 amide bonds. The van der Waals surface area contributed by atoms with Gasteiger partial charge in [-0.15, -0.1) is 0 Å². The molecule has 1 aromatic rings. The summed E-state index contributed by atoms with van der Waals surface area (Å²) in [6.45, 7) is 3.18. The van der Waals surface area contributed by atoms with Crippen LogP contribution in [-0.4, -0.2) is 61.1 Å². The Balaban J connectivity index is 1.71.